The number of halogens is 1. The molecule has 0 spiro atoms. The Kier molecular flexibility index (Phi) is 2.66. The number of amides is 1. The standard InChI is InChI=1S/C14H13BrN4O/c15-10-7-11(13(16-8-10)9-1-2-9)14(20)18-5-6-19-12(18)3-4-17-19/h3-4,7-9H,1-2,5-6H2. The van der Waals surface area contributed by atoms with Crippen LogP contribution in [0.4, 0.5) is 5.82 Å². The molecule has 0 unspecified atom stereocenters. The molecular formula is C14H13BrN4O. The van der Waals surface area contributed by atoms with Gasteiger partial charge in [0.25, 0.3) is 5.91 Å². The molecule has 2 aromatic rings. The van der Waals surface area contributed by atoms with Gasteiger partial charge in [-0.1, -0.05) is 0 Å². The molecule has 2 aromatic heterocycles. The first-order valence-corrected chi connectivity index (χ1v) is 7.52. The normalized spacial score (nSPS) is 17.4. The minimum Gasteiger partial charge on any atom is -0.291 e. The molecule has 1 amide bonds. The zero-order valence-corrected chi connectivity index (χ0v) is 12.4. The predicted molar refractivity (Wildman–Crippen MR) is 77.8 cm³/mol. The van der Waals surface area contributed by atoms with Crippen molar-refractivity contribution in [1.82, 2.24) is 14.8 Å². The smallest absolute Gasteiger partial charge is 0.261 e. The summed E-state index contributed by atoms with van der Waals surface area (Å²) in [5.41, 5.74) is 1.66. The van der Waals surface area contributed by atoms with E-state index < -0.39 is 0 Å². The third-order valence-corrected chi connectivity index (χ3v) is 4.26. The second-order valence-corrected chi connectivity index (χ2v) is 6.15. The first-order valence-electron chi connectivity index (χ1n) is 6.73. The second kappa shape index (κ2) is 4.41. The second-order valence-electron chi connectivity index (χ2n) is 5.23. The fourth-order valence-electron chi connectivity index (χ4n) is 2.69. The SMILES string of the molecule is O=C(c1cc(Br)cnc1C1CC1)N1CCn2nccc21. The molecule has 0 aromatic carbocycles. The van der Waals surface area contributed by atoms with Gasteiger partial charge in [-0.15, -0.1) is 0 Å². The summed E-state index contributed by atoms with van der Waals surface area (Å²) in [6, 6.07) is 3.77. The Morgan fingerprint density at radius 1 is 1.35 bits per heavy atom. The first kappa shape index (κ1) is 12.1. The van der Waals surface area contributed by atoms with Crippen molar-refractivity contribution in [2.45, 2.75) is 25.3 Å². The molecule has 4 rings (SSSR count). The summed E-state index contributed by atoms with van der Waals surface area (Å²) in [7, 11) is 0. The number of rotatable bonds is 2. The molecule has 1 aliphatic carbocycles. The summed E-state index contributed by atoms with van der Waals surface area (Å²) in [5.74, 6) is 1.35. The fourth-order valence-corrected chi connectivity index (χ4v) is 3.02. The van der Waals surface area contributed by atoms with Gasteiger partial charge in [0.15, 0.2) is 0 Å². The molecular weight excluding hydrogens is 320 g/mol. The number of nitrogens with zero attached hydrogens (tertiary/aromatic N) is 4. The lowest BCUT2D eigenvalue weighted by molar-refractivity contribution is 0.0988. The Morgan fingerprint density at radius 3 is 3.00 bits per heavy atom. The van der Waals surface area contributed by atoms with E-state index in [0.29, 0.717) is 12.5 Å². The van der Waals surface area contributed by atoms with Gasteiger partial charge in [0.2, 0.25) is 0 Å². The summed E-state index contributed by atoms with van der Waals surface area (Å²) in [6.45, 7) is 1.44. The van der Waals surface area contributed by atoms with E-state index in [4.69, 9.17) is 0 Å². The number of hydrogen-bond donors (Lipinski definition) is 0. The number of anilines is 1. The van der Waals surface area contributed by atoms with Gasteiger partial charge in [0, 0.05) is 29.2 Å². The third-order valence-electron chi connectivity index (χ3n) is 3.83. The van der Waals surface area contributed by atoms with Crippen LogP contribution in [0.15, 0.2) is 29.0 Å². The van der Waals surface area contributed by atoms with Crippen LogP contribution in [-0.2, 0) is 6.54 Å². The van der Waals surface area contributed by atoms with Crippen LogP contribution in [0.5, 0.6) is 0 Å². The molecule has 20 heavy (non-hydrogen) atoms. The molecule has 1 fully saturated rings. The zero-order chi connectivity index (χ0) is 13.7. The Hall–Kier alpha value is -1.69. The van der Waals surface area contributed by atoms with Crippen LogP contribution < -0.4 is 4.90 Å². The molecule has 0 radical (unpaired) electrons. The van der Waals surface area contributed by atoms with Crippen molar-refractivity contribution in [3.8, 4) is 0 Å². The average molecular weight is 333 g/mol. The summed E-state index contributed by atoms with van der Waals surface area (Å²) in [4.78, 5) is 19.1. The van der Waals surface area contributed by atoms with Crippen LogP contribution in [0, 0.1) is 0 Å². The van der Waals surface area contributed by atoms with Gasteiger partial charge in [-0.25, -0.2) is 4.68 Å². The van der Waals surface area contributed by atoms with Crippen LogP contribution in [0.2, 0.25) is 0 Å². The molecule has 0 bridgehead atoms. The van der Waals surface area contributed by atoms with Crippen molar-refractivity contribution in [2.24, 2.45) is 0 Å². The lowest BCUT2D eigenvalue weighted by Gasteiger charge is -2.17. The lowest BCUT2D eigenvalue weighted by atomic mass is 10.1. The maximum Gasteiger partial charge on any atom is 0.261 e. The third kappa shape index (κ3) is 1.86. The number of fused-ring (bicyclic) bond motifs is 1. The number of carbonyl (C=O) groups excluding carboxylic acids is 1. The molecule has 2 aliphatic rings. The largest absolute Gasteiger partial charge is 0.291 e. The summed E-state index contributed by atoms with van der Waals surface area (Å²) in [6.07, 6.45) is 5.77. The Balaban J connectivity index is 1.74. The van der Waals surface area contributed by atoms with E-state index in [1.165, 1.54) is 0 Å². The number of pyridine rings is 1. The van der Waals surface area contributed by atoms with Crippen LogP contribution in [0.3, 0.4) is 0 Å². The van der Waals surface area contributed by atoms with Crippen LogP contribution in [0.25, 0.3) is 0 Å². The average Bonchev–Trinajstić information content (AvgIpc) is 3.04. The van der Waals surface area contributed by atoms with Crippen molar-refractivity contribution < 1.29 is 4.79 Å². The summed E-state index contributed by atoms with van der Waals surface area (Å²) >= 11 is 3.42. The van der Waals surface area contributed by atoms with Gasteiger partial charge in [0.05, 0.1) is 24.0 Å². The first-order chi connectivity index (χ1) is 9.74. The fraction of sp³-hybridized carbons (Fsp3) is 0.357. The minimum atomic E-state index is 0.0277. The molecule has 6 heteroatoms. The van der Waals surface area contributed by atoms with Gasteiger partial charge in [0.1, 0.15) is 5.82 Å². The van der Waals surface area contributed by atoms with Crippen LogP contribution >= 0.6 is 15.9 Å². The van der Waals surface area contributed by atoms with Crippen molar-refractivity contribution in [3.63, 3.8) is 0 Å². The van der Waals surface area contributed by atoms with Crippen molar-refractivity contribution in [1.29, 1.82) is 0 Å². The van der Waals surface area contributed by atoms with Crippen LogP contribution in [0.1, 0.15) is 34.8 Å². The van der Waals surface area contributed by atoms with Gasteiger partial charge < -0.3 is 0 Å². The van der Waals surface area contributed by atoms with E-state index in [1.807, 2.05) is 16.8 Å². The van der Waals surface area contributed by atoms with Gasteiger partial charge in [-0.2, -0.15) is 5.10 Å². The van der Waals surface area contributed by atoms with Crippen molar-refractivity contribution >= 4 is 27.7 Å². The van der Waals surface area contributed by atoms with Crippen molar-refractivity contribution in [2.75, 3.05) is 11.4 Å². The molecule has 5 nitrogen and oxygen atoms in total. The summed E-state index contributed by atoms with van der Waals surface area (Å²) < 4.78 is 2.71. The van der Waals surface area contributed by atoms with E-state index in [1.54, 1.807) is 17.3 Å². The highest BCUT2D eigenvalue weighted by atomic mass is 79.9. The van der Waals surface area contributed by atoms with E-state index in [9.17, 15) is 4.79 Å². The molecule has 102 valence electrons. The zero-order valence-electron chi connectivity index (χ0n) is 10.8. The quantitative estimate of drug-likeness (QED) is 0.849. The van der Waals surface area contributed by atoms with Crippen molar-refractivity contribution in [3.05, 3.63) is 40.3 Å². The van der Waals surface area contributed by atoms with Gasteiger partial charge in [-0.05, 0) is 34.8 Å². The van der Waals surface area contributed by atoms with E-state index in [0.717, 1.165) is 40.9 Å². The Labute approximate surface area is 124 Å². The lowest BCUT2D eigenvalue weighted by Crippen LogP contribution is -2.30. The molecule has 0 saturated heterocycles. The van der Waals surface area contributed by atoms with E-state index in [-0.39, 0.29) is 5.91 Å². The maximum atomic E-state index is 12.8. The minimum absolute atomic E-state index is 0.0277. The number of aromatic nitrogens is 3. The molecule has 0 atom stereocenters. The monoisotopic (exact) mass is 332 g/mol. The highest BCUT2D eigenvalue weighted by Crippen LogP contribution is 2.41. The highest BCUT2D eigenvalue weighted by Gasteiger charge is 2.33. The van der Waals surface area contributed by atoms with Crippen LogP contribution in [-0.4, -0.2) is 27.2 Å². The molecule has 3 heterocycles. The summed E-state index contributed by atoms with van der Waals surface area (Å²) in [5, 5.41) is 4.21. The molecule has 1 aliphatic heterocycles. The predicted octanol–water partition coefficient (Wildman–Crippen LogP) is 2.58. The van der Waals surface area contributed by atoms with E-state index >= 15 is 0 Å². The Morgan fingerprint density at radius 2 is 2.20 bits per heavy atom. The Bertz CT molecular complexity index is 692. The number of hydrogen-bond acceptors (Lipinski definition) is 3. The maximum absolute atomic E-state index is 12.8. The van der Waals surface area contributed by atoms with Gasteiger partial charge in [-0.3, -0.25) is 14.7 Å². The van der Waals surface area contributed by atoms with E-state index in [2.05, 4.69) is 26.0 Å². The molecule has 0 N–H and O–H groups in total. The number of carbonyl (C=O) groups is 1. The van der Waals surface area contributed by atoms with Gasteiger partial charge >= 0.3 is 0 Å². The highest BCUT2D eigenvalue weighted by molar-refractivity contribution is 9.10. The topological polar surface area (TPSA) is 51.0 Å². The molecule has 1 saturated carbocycles.